The summed E-state index contributed by atoms with van der Waals surface area (Å²) in [6.07, 6.45) is -0.560. The van der Waals surface area contributed by atoms with Crippen LogP contribution in [0.4, 0.5) is 4.79 Å². The predicted octanol–water partition coefficient (Wildman–Crippen LogP) is 2.72. The van der Waals surface area contributed by atoms with E-state index in [4.69, 9.17) is 25.8 Å². The highest BCUT2D eigenvalue weighted by Gasteiger charge is 2.11. The van der Waals surface area contributed by atoms with E-state index < -0.39 is 6.09 Å². The summed E-state index contributed by atoms with van der Waals surface area (Å²) in [7, 11) is 0. The van der Waals surface area contributed by atoms with Crippen LogP contribution in [0.1, 0.15) is 13.8 Å². The molecule has 0 aliphatic rings. The monoisotopic (exact) mass is 330 g/mol. The summed E-state index contributed by atoms with van der Waals surface area (Å²) in [4.78, 5) is 11.9. The Bertz CT molecular complexity index is 418. The number of amides is 1. The highest BCUT2D eigenvalue weighted by atomic mass is 35.5. The van der Waals surface area contributed by atoms with Crippen LogP contribution < -0.4 is 10.2 Å². The summed E-state index contributed by atoms with van der Waals surface area (Å²) in [6, 6.07) is 6.58. The molecule has 0 aliphatic carbocycles. The van der Waals surface area contributed by atoms with Crippen LogP contribution in [0.25, 0.3) is 0 Å². The summed E-state index contributed by atoms with van der Waals surface area (Å²) in [5.41, 5.74) is 2.68. The Morgan fingerprint density at radius 2 is 1.64 bits per heavy atom. The first-order valence-electron chi connectivity index (χ1n) is 7.30. The molecule has 6 nitrogen and oxygen atoms in total. The van der Waals surface area contributed by atoms with Crippen molar-refractivity contribution in [3.8, 4) is 5.75 Å². The van der Waals surface area contributed by atoms with Crippen LogP contribution in [-0.2, 0) is 9.47 Å². The average molecular weight is 331 g/mol. The van der Waals surface area contributed by atoms with Crippen molar-refractivity contribution in [1.82, 2.24) is 10.4 Å². The van der Waals surface area contributed by atoms with Crippen molar-refractivity contribution < 1.29 is 19.0 Å². The Balaban J connectivity index is 2.43. The van der Waals surface area contributed by atoms with E-state index >= 15 is 0 Å². The van der Waals surface area contributed by atoms with E-state index in [1.807, 2.05) is 13.8 Å². The molecule has 0 heterocycles. The number of halogens is 1. The minimum absolute atomic E-state index is 0.427. The molecule has 0 aromatic heterocycles. The quantitative estimate of drug-likeness (QED) is 0.528. The molecule has 1 rings (SSSR count). The fraction of sp³-hybridized carbons (Fsp3) is 0.533. The molecule has 1 N–H and O–H groups in total. The second-order valence-electron chi connectivity index (χ2n) is 4.34. The van der Waals surface area contributed by atoms with E-state index in [9.17, 15) is 4.79 Å². The lowest BCUT2D eigenvalue weighted by Crippen LogP contribution is -2.46. The molecule has 0 radical (unpaired) electrons. The Labute approximate surface area is 136 Å². The Morgan fingerprint density at radius 1 is 1.09 bits per heavy atom. The maximum Gasteiger partial charge on any atom is 0.427 e. The van der Waals surface area contributed by atoms with Crippen molar-refractivity contribution in [3.05, 3.63) is 29.3 Å². The molecule has 124 valence electrons. The second-order valence-corrected chi connectivity index (χ2v) is 4.77. The molecule has 7 heteroatoms. The maximum atomic E-state index is 11.9. The molecule has 1 amide bonds. The largest absolute Gasteiger partial charge is 0.427 e. The van der Waals surface area contributed by atoms with Gasteiger partial charge < -0.3 is 14.2 Å². The van der Waals surface area contributed by atoms with Crippen molar-refractivity contribution >= 4 is 17.7 Å². The molecule has 0 fully saturated rings. The van der Waals surface area contributed by atoms with Crippen molar-refractivity contribution in [1.29, 1.82) is 0 Å². The molecule has 1 aromatic carbocycles. The number of ether oxygens (including phenoxy) is 3. The SMILES string of the molecule is CCOCCN(CCOCC)NC(=O)Oc1ccc(Cl)cc1. The third kappa shape index (κ3) is 8.19. The van der Waals surface area contributed by atoms with Crippen LogP contribution in [0.2, 0.25) is 5.02 Å². The van der Waals surface area contributed by atoms with Crippen molar-refractivity contribution in [2.45, 2.75) is 13.8 Å². The van der Waals surface area contributed by atoms with Gasteiger partial charge in [-0.15, -0.1) is 0 Å². The number of carbonyl (C=O) groups is 1. The number of nitrogens with zero attached hydrogens (tertiary/aromatic N) is 1. The smallest absolute Gasteiger partial charge is 0.409 e. The number of hydrogen-bond donors (Lipinski definition) is 1. The van der Waals surface area contributed by atoms with Gasteiger partial charge >= 0.3 is 6.09 Å². The topological polar surface area (TPSA) is 60.0 Å². The van der Waals surface area contributed by atoms with Gasteiger partial charge in [0.1, 0.15) is 5.75 Å². The van der Waals surface area contributed by atoms with Gasteiger partial charge in [-0.05, 0) is 38.1 Å². The number of rotatable bonds is 10. The second kappa shape index (κ2) is 11.3. The number of benzene rings is 1. The molecule has 22 heavy (non-hydrogen) atoms. The first-order valence-corrected chi connectivity index (χ1v) is 7.68. The highest BCUT2D eigenvalue weighted by molar-refractivity contribution is 6.30. The minimum Gasteiger partial charge on any atom is -0.409 e. The third-order valence-electron chi connectivity index (χ3n) is 2.69. The fourth-order valence-corrected chi connectivity index (χ4v) is 1.75. The van der Waals surface area contributed by atoms with Gasteiger partial charge in [0.25, 0.3) is 0 Å². The van der Waals surface area contributed by atoms with Gasteiger partial charge in [-0.2, -0.15) is 0 Å². The Morgan fingerprint density at radius 3 is 2.14 bits per heavy atom. The zero-order valence-electron chi connectivity index (χ0n) is 13.0. The predicted molar refractivity (Wildman–Crippen MR) is 85.2 cm³/mol. The van der Waals surface area contributed by atoms with E-state index in [-0.39, 0.29) is 0 Å². The van der Waals surface area contributed by atoms with E-state index in [1.165, 1.54) is 0 Å². The van der Waals surface area contributed by atoms with Crippen LogP contribution in [-0.4, -0.2) is 50.6 Å². The molecule has 0 spiro atoms. The van der Waals surface area contributed by atoms with Gasteiger partial charge in [-0.1, -0.05) is 11.6 Å². The standard InChI is InChI=1S/C15H23ClN2O4/c1-3-20-11-9-18(10-12-21-4-2)17-15(19)22-14-7-5-13(16)6-8-14/h5-8H,3-4,9-12H2,1-2H3,(H,17,19). The summed E-state index contributed by atoms with van der Waals surface area (Å²) >= 11 is 5.78. The number of hydrazine groups is 1. The van der Waals surface area contributed by atoms with E-state index in [2.05, 4.69) is 5.43 Å². The van der Waals surface area contributed by atoms with Gasteiger partial charge in [-0.3, -0.25) is 5.43 Å². The van der Waals surface area contributed by atoms with Crippen molar-refractivity contribution in [2.24, 2.45) is 0 Å². The molecule has 0 saturated heterocycles. The van der Waals surface area contributed by atoms with Crippen LogP contribution in [0, 0.1) is 0 Å². The molecule has 0 aliphatic heterocycles. The van der Waals surface area contributed by atoms with Crippen molar-refractivity contribution in [2.75, 3.05) is 39.5 Å². The fourth-order valence-electron chi connectivity index (χ4n) is 1.62. The zero-order chi connectivity index (χ0) is 16.2. The molecular formula is C15H23ClN2O4. The van der Waals surface area contributed by atoms with Crippen molar-refractivity contribution in [3.63, 3.8) is 0 Å². The van der Waals surface area contributed by atoms with Crippen LogP contribution in [0.5, 0.6) is 5.75 Å². The number of nitrogens with one attached hydrogen (secondary N) is 1. The Hall–Kier alpha value is -1.34. The highest BCUT2D eigenvalue weighted by Crippen LogP contribution is 2.15. The maximum absolute atomic E-state index is 11.9. The van der Waals surface area contributed by atoms with Gasteiger partial charge in [0.15, 0.2) is 0 Å². The molecule has 0 atom stereocenters. The third-order valence-corrected chi connectivity index (χ3v) is 2.94. The Kier molecular flexibility index (Phi) is 9.57. The normalized spacial score (nSPS) is 10.7. The zero-order valence-corrected chi connectivity index (χ0v) is 13.8. The average Bonchev–Trinajstić information content (AvgIpc) is 2.50. The minimum atomic E-state index is -0.560. The summed E-state index contributed by atoms with van der Waals surface area (Å²) in [5.74, 6) is 0.427. The first kappa shape index (κ1) is 18.7. The number of carbonyl (C=O) groups excluding carboxylic acids is 1. The lowest BCUT2D eigenvalue weighted by molar-refractivity contribution is 0.0593. The molecule has 0 bridgehead atoms. The molecule has 0 saturated carbocycles. The lowest BCUT2D eigenvalue weighted by atomic mass is 10.3. The first-order chi connectivity index (χ1) is 10.7. The summed E-state index contributed by atoms with van der Waals surface area (Å²) in [5, 5.41) is 2.30. The van der Waals surface area contributed by atoms with E-state index in [0.717, 1.165) is 0 Å². The van der Waals surface area contributed by atoms with E-state index in [1.54, 1.807) is 29.3 Å². The van der Waals surface area contributed by atoms with Gasteiger partial charge in [-0.25, -0.2) is 9.80 Å². The molecule has 0 unspecified atom stereocenters. The molecular weight excluding hydrogens is 308 g/mol. The van der Waals surface area contributed by atoms with Crippen LogP contribution in [0.3, 0.4) is 0 Å². The summed E-state index contributed by atoms with van der Waals surface area (Å²) in [6.45, 7) is 7.25. The molecule has 1 aromatic rings. The van der Waals surface area contributed by atoms with Crippen LogP contribution >= 0.6 is 11.6 Å². The van der Waals surface area contributed by atoms with Crippen LogP contribution in [0.15, 0.2) is 24.3 Å². The van der Waals surface area contributed by atoms with E-state index in [0.29, 0.717) is 50.3 Å². The number of hydrogen-bond acceptors (Lipinski definition) is 5. The van der Waals surface area contributed by atoms with Gasteiger partial charge in [0.2, 0.25) is 0 Å². The van der Waals surface area contributed by atoms with Gasteiger partial charge in [0.05, 0.1) is 13.2 Å². The summed E-state index contributed by atoms with van der Waals surface area (Å²) < 4.78 is 15.8. The lowest BCUT2D eigenvalue weighted by Gasteiger charge is -2.22. The van der Waals surface area contributed by atoms with Gasteiger partial charge in [0, 0.05) is 31.3 Å².